The number of aromatic nitrogens is 4. The smallest absolute Gasteiger partial charge is 0.223 e. The Hall–Kier alpha value is -2.76. The van der Waals surface area contributed by atoms with Gasteiger partial charge in [0.15, 0.2) is 5.76 Å². The van der Waals surface area contributed by atoms with E-state index in [2.05, 4.69) is 40.7 Å². The third kappa shape index (κ3) is 4.94. The topological polar surface area (TPSA) is 89.8 Å². The highest BCUT2D eigenvalue weighted by molar-refractivity contribution is 6.76. The molecule has 3 aromatic heterocycles. The standard InChI is InChI=1S/C23H29N5O2Si/c1-31(2,3)13-12-29-16-28-11-9-19-21(26-15-27-22(19)28)20-14-25-23(30-20)18(8-10-24)17-6-4-5-7-17/h8-9,11,14-15,17H,4-7,12-13,16H2,1-3H3/b18-8-. The summed E-state index contributed by atoms with van der Waals surface area (Å²) in [5.41, 5.74) is 2.40. The summed E-state index contributed by atoms with van der Waals surface area (Å²) < 4.78 is 14.0. The van der Waals surface area contributed by atoms with Crippen molar-refractivity contribution in [3.63, 3.8) is 0 Å². The summed E-state index contributed by atoms with van der Waals surface area (Å²) in [6, 6.07) is 5.27. The van der Waals surface area contributed by atoms with E-state index in [1.165, 1.54) is 12.8 Å². The average Bonchev–Trinajstić information content (AvgIpc) is 3.50. The molecular formula is C23H29N5O2Si. The summed E-state index contributed by atoms with van der Waals surface area (Å²) in [6.07, 6.45) is 11.3. The lowest BCUT2D eigenvalue weighted by atomic mass is 9.97. The second-order valence-corrected chi connectivity index (χ2v) is 15.0. The van der Waals surface area contributed by atoms with Crippen LogP contribution in [-0.4, -0.2) is 34.2 Å². The Morgan fingerprint density at radius 1 is 1.29 bits per heavy atom. The lowest BCUT2D eigenvalue weighted by Gasteiger charge is -2.15. The predicted molar refractivity (Wildman–Crippen MR) is 123 cm³/mol. The molecule has 0 aromatic carbocycles. The third-order valence-electron chi connectivity index (χ3n) is 5.78. The third-order valence-corrected chi connectivity index (χ3v) is 7.49. The lowest BCUT2D eigenvalue weighted by Crippen LogP contribution is -2.22. The molecule has 1 aliphatic rings. The van der Waals surface area contributed by atoms with Crippen molar-refractivity contribution in [2.24, 2.45) is 5.92 Å². The van der Waals surface area contributed by atoms with Crippen LogP contribution in [0.4, 0.5) is 0 Å². The summed E-state index contributed by atoms with van der Waals surface area (Å²) in [4.78, 5) is 13.4. The molecule has 1 saturated carbocycles. The molecule has 8 heteroatoms. The van der Waals surface area contributed by atoms with Crippen LogP contribution in [0.5, 0.6) is 0 Å². The number of nitriles is 1. The van der Waals surface area contributed by atoms with Crippen LogP contribution in [0.1, 0.15) is 31.6 Å². The molecule has 162 valence electrons. The normalized spacial score (nSPS) is 15.6. The number of allylic oxidation sites excluding steroid dienone is 2. The SMILES string of the molecule is C[Si](C)(C)CCOCn1ccc2c(-c3cnc(/C(=C\C#N)C4CCCC4)o3)ncnc21. The molecule has 0 amide bonds. The Morgan fingerprint density at radius 2 is 2.10 bits per heavy atom. The van der Waals surface area contributed by atoms with E-state index >= 15 is 0 Å². The summed E-state index contributed by atoms with van der Waals surface area (Å²) >= 11 is 0. The first-order valence-corrected chi connectivity index (χ1v) is 14.6. The minimum Gasteiger partial charge on any atom is -0.435 e. The molecule has 0 bridgehead atoms. The Bertz CT molecular complexity index is 1110. The lowest BCUT2D eigenvalue weighted by molar-refractivity contribution is 0.0899. The molecular weight excluding hydrogens is 406 g/mol. The molecule has 1 fully saturated rings. The zero-order valence-electron chi connectivity index (χ0n) is 18.5. The quantitative estimate of drug-likeness (QED) is 0.264. The van der Waals surface area contributed by atoms with Gasteiger partial charge in [-0.3, -0.25) is 0 Å². The van der Waals surface area contributed by atoms with E-state index in [0.29, 0.717) is 30.0 Å². The van der Waals surface area contributed by atoms with Gasteiger partial charge in [-0.2, -0.15) is 5.26 Å². The van der Waals surface area contributed by atoms with Crippen LogP contribution in [-0.2, 0) is 11.5 Å². The molecule has 3 aromatic rings. The molecule has 0 radical (unpaired) electrons. The fraction of sp³-hybridized carbons (Fsp3) is 0.478. The van der Waals surface area contributed by atoms with E-state index in [-0.39, 0.29) is 0 Å². The number of nitrogens with zero attached hydrogens (tertiary/aromatic N) is 5. The van der Waals surface area contributed by atoms with E-state index < -0.39 is 8.07 Å². The first kappa shape index (κ1) is 21.5. The van der Waals surface area contributed by atoms with Gasteiger partial charge < -0.3 is 13.7 Å². The van der Waals surface area contributed by atoms with Gasteiger partial charge in [0, 0.05) is 37.9 Å². The Morgan fingerprint density at radius 3 is 2.84 bits per heavy atom. The molecule has 0 spiro atoms. The largest absolute Gasteiger partial charge is 0.435 e. The fourth-order valence-corrected chi connectivity index (χ4v) is 4.78. The van der Waals surface area contributed by atoms with Crippen molar-refractivity contribution >= 4 is 24.7 Å². The van der Waals surface area contributed by atoms with Crippen LogP contribution >= 0.6 is 0 Å². The van der Waals surface area contributed by atoms with E-state index in [4.69, 9.17) is 9.15 Å². The van der Waals surface area contributed by atoms with Crippen molar-refractivity contribution in [2.75, 3.05) is 6.61 Å². The monoisotopic (exact) mass is 435 g/mol. The molecule has 31 heavy (non-hydrogen) atoms. The molecule has 0 aliphatic heterocycles. The second kappa shape index (κ2) is 9.16. The first-order valence-electron chi connectivity index (χ1n) is 10.9. The fourth-order valence-electron chi connectivity index (χ4n) is 4.02. The van der Waals surface area contributed by atoms with Gasteiger partial charge in [0.2, 0.25) is 5.89 Å². The van der Waals surface area contributed by atoms with Crippen molar-refractivity contribution in [3.05, 3.63) is 36.8 Å². The van der Waals surface area contributed by atoms with Gasteiger partial charge in [-0.05, 0) is 30.9 Å². The number of rotatable bonds is 8. The van der Waals surface area contributed by atoms with Crippen LogP contribution in [0.15, 0.2) is 35.3 Å². The van der Waals surface area contributed by atoms with E-state index in [0.717, 1.165) is 42.1 Å². The molecule has 0 atom stereocenters. The zero-order valence-corrected chi connectivity index (χ0v) is 19.5. The molecule has 4 rings (SSSR count). The van der Waals surface area contributed by atoms with Crippen LogP contribution in [0.2, 0.25) is 25.7 Å². The average molecular weight is 436 g/mol. The van der Waals surface area contributed by atoms with Gasteiger partial charge in [0.25, 0.3) is 0 Å². The maximum Gasteiger partial charge on any atom is 0.223 e. The zero-order chi connectivity index (χ0) is 21.8. The summed E-state index contributed by atoms with van der Waals surface area (Å²) in [5.74, 6) is 1.44. The summed E-state index contributed by atoms with van der Waals surface area (Å²) in [6.45, 7) is 8.25. The van der Waals surface area contributed by atoms with Crippen molar-refractivity contribution in [2.45, 2.75) is 58.1 Å². The number of hydrogen-bond acceptors (Lipinski definition) is 6. The summed E-state index contributed by atoms with van der Waals surface area (Å²) in [5, 5.41) is 10.1. The minimum atomic E-state index is -1.11. The van der Waals surface area contributed by atoms with Crippen LogP contribution in [0.3, 0.4) is 0 Å². The molecule has 0 saturated heterocycles. The van der Waals surface area contributed by atoms with Gasteiger partial charge in [0.05, 0.1) is 12.3 Å². The Balaban J connectivity index is 1.56. The number of ether oxygens (including phenoxy) is 1. The molecule has 0 unspecified atom stereocenters. The van der Waals surface area contributed by atoms with E-state index in [1.54, 1.807) is 18.6 Å². The van der Waals surface area contributed by atoms with Crippen LogP contribution in [0, 0.1) is 17.2 Å². The highest BCUT2D eigenvalue weighted by atomic mass is 28.3. The van der Waals surface area contributed by atoms with Gasteiger partial charge in [-0.1, -0.05) is 32.5 Å². The molecule has 1 aliphatic carbocycles. The van der Waals surface area contributed by atoms with Gasteiger partial charge in [-0.15, -0.1) is 0 Å². The maximum atomic E-state index is 9.23. The van der Waals surface area contributed by atoms with Crippen molar-refractivity contribution < 1.29 is 9.15 Å². The predicted octanol–water partition coefficient (Wildman–Crippen LogP) is 5.50. The van der Waals surface area contributed by atoms with Crippen molar-refractivity contribution in [3.8, 4) is 17.5 Å². The minimum absolute atomic E-state index is 0.339. The number of fused-ring (bicyclic) bond motifs is 1. The number of oxazole rings is 1. The van der Waals surface area contributed by atoms with E-state index in [9.17, 15) is 5.26 Å². The van der Waals surface area contributed by atoms with Gasteiger partial charge >= 0.3 is 0 Å². The Kier molecular flexibility index (Phi) is 6.34. The van der Waals surface area contributed by atoms with E-state index in [1.807, 2.05) is 16.8 Å². The molecule has 7 nitrogen and oxygen atoms in total. The van der Waals surface area contributed by atoms with Crippen LogP contribution in [0.25, 0.3) is 28.1 Å². The van der Waals surface area contributed by atoms with Crippen LogP contribution < -0.4 is 0 Å². The Labute approximate surface area is 183 Å². The maximum absolute atomic E-state index is 9.23. The first-order chi connectivity index (χ1) is 15.0. The second-order valence-electron chi connectivity index (χ2n) is 9.33. The highest BCUT2D eigenvalue weighted by Crippen LogP contribution is 2.37. The van der Waals surface area contributed by atoms with Crippen molar-refractivity contribution in [1.82, 2.24) is 19.5 Å². The highest BCUT2D eigenvalue weighted by Gasteiger charge is 2.25. The number of hydrogen-bond donors (Lipinski definition) is 0. The van der Waals surface area contributed by atoms with Gasteiger partial charge in [-0.25, -0.2) is 15.0 Å². The van der Waals surface area contributed by atoms with Gasteiger partial charge in [0.1, 0.15) is 24.4 Å². The summed E-state index contributed by atoms with van der Waals surface area (Å²) in [7, 11) is -1.11. The molecule has 3 heterocycles. The van der Waals surface area contributed by atoms with Crippen molar-refractivity contribution in [1.29, 1.82) is 5.26 Å². The molecule has 0 N–H and O–H groups in total.